The highest BCUT2D eigenvalue weighted by atomic mass is 32.1. The summed E-state index contributed by atoms with van der Waals surface area (Å²) in [6.07, 6.45) is 0. The van der Waals surface area contributed by atoms with Crippen molar-refractivity contribution in [1.82, 2.24) is 4.98 Å². The van der Waals surface area contributed by atoms with Gasteiger partial charge in [0.25, 0.3) is 0 Å². The molecule has 53 heavy (non-hydrogen) atoms. The maximum absolute atomic E-state index is 5.41. The van der Waals surface area contributed by atoms with Crippen molar-refractivity contribution in [3.63, 3.8) is 0 Å². The fraction of sp³-hybridized carbons (Fsp3) is 0.0200. The van der Waals surface area contributed by atoms with Crippen LogP contribution in [0, 0.1) is 0 Å². The SMILES string of the molecule is c1ccc(-c2nc3ccc(N4c5ccccc5C(c5ccccc5)(c5ccccc5)c5ccccc54)cc3c3c2ccc2sc4ccccc4c23)cc1. The van der Waals surface area contributed by atoms with E-state index in [1.165, 1.54) is 64.6 Å². The Balaban J connectivity index is 1.24. The van der Waals surface area contributed by atoms with Gasteiger partial charge < -0.3 is 4.90 Å². The van der Waals surface area contributed by atoms with Gasteiger partial charge in [-0.1, -0.05) is 152 Å². The summed E-state index contributed by atoms with van der Waals surface area (Å²) >= 11 is 1.87. The van der Waals surface area contributed by atoms with E-state index in [0.29, 0.717) is 0 Å². The monoisotopic (exact) mass is 692 g/mol. The summed E-state index contributed by atoms with van der Waals surface area (Å²) in [7, 11) is 0. The summed E-state index contributed by atoms with van der Waals surface area (Å²) in [5, 5.41) is 6.18. The highest BCUT2D eigenvalue weighted by Crippen LogP contribution is 2.58. The van der Waals surface area contributed by atoms with Crippen molar-refractivity contribution in [3.8, 4) is 11.3 Å². The van der Waals surface area contributed by atoms with E-state index in [0.717, 1.165) is 27.8 Å². The lowest BCUT2D eigenvalue weighted by atomic mass is 9.62. The van der Waals surface area contributed by atoms with E-state index < -0.39 is 5.41 Å². The van der Waals surface area contributed by atoms with Crippen molar-refractivity contribution >= 4 is 70.2 Å². The molecule has 1 aliphatic heterocycles. The number of nitrogens with zero attached hydrogens (tertiary/aromatic N) is 2. The molecule has 0 fully saturated rings. The number of hydrogen-bond acceptors (Lipinski definition) is 3. The summed E-state index contributed by atoms with van der Waals surface area (Å²) in [4.78, 5) is 7.88. The molecule has 0 saturated heterocycles. The summed E-state index contributed by atoms with van der Waals surface area (Å²) in [5.41, 5.74) is 11.1. The topological polar surface area (TPSA) is 16.1 Å². The van der Waals surface area contributed by atoms with Crippen LogP contribution < -0.4 is 4.90 Å². The molecule has 3 heteroatoms. The zero-order valence-electron chi connectivity index (χ0n) is 28.8. The molecule has 10 aromatic rings. The molecule has 0 unspecified atom stereocenters. The van der Waals surface area contributed by atoms with Gasteiger partial charge in [-0.3, -0.25) is 0 Å². The molecular formula is C50H32N2S. The number of anilines is 3. The minimum Gasteiger partial charge on any atom is -0.310 e. The summed E-state index contributed by atoms with van der Waals surface area (Å²) < 4.78 is 2.59. The highest BCUT2D eigenvalue weighted by Gasteiger charge is 2.46. The number of thiophene rings is 1. The van der Waals surface area contributed by atoms with E-state index in [9.17, 15) is 0 Å². The van der Waals surface area contributed by atoms with Gasteiger partial charge in [-0.05, 0) is 64.7 Å². The number of benzene rings is 8. The van der Waals surface area contributed by atoms with Crippen LogP contribution in [-0.4, -0.2) is 4.98 Å². The fourth-order valence-electron chi connectivity index (χ4n) is 8.94. The number of aromatic nitrogens is 1. The van der Waals surface area contributed by atoms with Gasteiger partial charge in [-0.25, -0.2) is 4.98 Å². The maximum atomic E-state index is 5.41. The van der Waals surface area contributed by atoms with E-state index in [-0.39, 0.29) is 0 Å². The van der Waals surface area contributed by atoms with Crippen molar-refractivity contribution in [2.45, 2.75) is 5.41 Å². The molecule has 0 atom stereocenters. The second kappa shape index (κ2) is 11.7. The third-order valence-corrected chi connectivity index (χ3v) is 12.2. The first-order valence-electron chi connectivity index (χ1n) is 18.1. The van der Waals surface area contributed by atoms with E-state index in [1.807, 2.05) is 11.3 Å². The lowest BCUT2D eigenvalue weighted by Gasteiger charge is -2.46. The zero-order chi connectivity index (χ0) is 34.9. The van der Waals surface area contributed by atoms with Crippen LogP contribution in [0.4, 0.5) is 17.1 Å². The molecule has 0 saturated carbocycles. The van der Waals surface area contributed by atoms with Gasteiger partial charge >= 0.3 is 0 Å². The lowest BCUT2D eigenvalue weighted by molar-refractivity contribution is 0.731. The molecule has 0 bridgehead atoms. The normalized spacial score (nSPS) is 13.4. The van der Waals surface area contributed by atoms with Crippen molar-refractivity contribution in [2.75, 3.05) is 4.90 Å². The Morgan fingerprint density at radius 3 is 1.70 bits per heavy atom. The van der Waals surface area contributed by atoms with Crippen LogP contribution in [0.1, 0.15) is 22.3 Å². The number of fused-ring (bicyclic) bond motifs is 9. The molecule has 1 aliphatic rings. The molecule has 8 aromatic carbocycles. The summed E-state index contributed by atoms with van der Waals surface area (Å²) in [6.45, 7) is 0. The van der Waals surface area contributed by atoms with Crippen LogP contribution in [0.2, 0.25) is 0 Å². The maximum Gasteiger partial charge on any atom is 0.0788 e. The molecule has 11 rings (SSSR count). The van der Waals surface area contributed by atoms with Crippen LogP contribution in [0.5, 0.6) is 0 Å². The van der Waals surface area contributed by atoms with Gasteiger partial charge in [0, 0.05) is 47.6 Å². The van der Waals surface area contributed by atoms with E-state index in [4.69, 9.17) is 4.98 Å². The van der Waals surface area contributed by atoms with Crippen molar-refractivity contribution in [1.29, 1.82) is 0 Å². The average Bonchev–Trinajstić information content (AvgIpc) is 3.62. The molecule has 0 spiro atoms. The molecule has 0 N–H and O–H groups in total. The Labute approximate surface area is 311 Å². The van der Waals surface area contributed by atoms with E-state index in [1.54, 1.807) is 0 Å². The summed E-state index contributed by atoms with van der Waals surface area (Å²) in [6, 6.07) is 70.8. The first kappa shape index (κ1) is 30.1. The van der Waals surface area contributed by atoms with E-state index >= 15 is 0 Å². The molecule has 3 heterocycles. The summed E-state index contributed by atoms with van der Waals surface area (Å²) in [5.74, 6) is 0. The van der Waals surface area contributed by atoms with Gasteiger partial charge in [0.15, 0.2) is 0 Å². The Kier molecular flexibility index (Phi) is 6.67. The third-order valence-electron chi connectivity index (χ3n) is 11.1. The Morgan fingerprint density at radius 1 is 0.434 bits per heavy atom. The molecule has 0 amide bonds. The van der Waals surface area contributed by atoms with Crippen LogP contribution in [0.3, 0.4) is 0 Å². The number of pyridine rings is 1. The number of rotatable bonds is 4. The zero-order valence-corrected chi connectivity index (χ0v) is 29.6. The first-order valence-corrected chi connectivity index (χ1v) is 19.0. The van der Waals surface area contributed by atoms with Gasteiger partial charge in [0.2, 0.25) is 0 Å². The first-order chi connectivity index (χ1) is 26.3. The van der Waals surface area contributed by atoms with Gasteiger partial charge in [0.05, 0.1) is 28.0 Å². The lowest BCUT2D eigenvalue weighted by Crippen LogP contribution is -2.37. The number of para-hydroxylation sites is 2. The van der Waals surface area contributed by atoms with Crippen LogP contribution in [0.15, 0.2) is 194 Å². The predicted molar refractivity (Wildman–Crippen MR) is 224 cm³/mol. The molecular weight excluding hydrogens is 661 g/mol. The van der Waals surface area contributed by atoms with Crippen LogP contribution in [0.25, 0.3) is 53.1 Å². The smallest absolute Gasteiger partial charge is 0.0788 e. The van der Waals surface area contributed by atoms with Crippen LogP contribution in [-0.2, 0) is 5.41 Å². The minimum absolute atomic E-state index is 0.510. The minimum atomic E-state index is -0.510. The second-order valence-corrected chi connectivity index (χ2v) is 14.9. The quantitative estimate of drug-likeness (QED) is 0.171. The second-order valence-electron chi connectivity index (χ2n) is 13.8. The Bertz CT molecular complexity index is 2910. The van der Waals surface area contributed by atoms with Crippen molar-refractivity contribution in [2.24, 2.45) is 0 Å². The van der Waals surface area contributed by atoms with Gasteiger partial charge in [-0.2, -0.15) is 0 Å². The Morgan fingerprint density at radius 2 is 1.02 bits per heavy atom. The molecule has 2 nitrogen and oxygen atoms in total. The Hall–Kier alpha value is -6.55. The average molecular weight is 693 g/mol. The molecule has 0 radical (unpaired) electrons. The molecule has 2 aromatic heterocycles. The van der Waals surface area contributed by atoms with Crippen molar-refractivity contribution in [3.05, 3.63) is 216 Å². The molecule has 0 aliphatic carbocycles. The number of hydrogen-bond donors (Lipinski definition) is 0. The van der Waals surface area contributed by atoms with Crippen molar-refractivity contribution < 1.29 is 0 Å². The standard InChI is InChI=1S/C50H32N2S/c1-4-16-33(17-5-1)49-38-29-31-46-48(37-22-10-15-27-45(37)53-46)47(38)39-32-36(28-30-42(39)51-49)52-43-25-13-11-23-40(43)50(34-18-6-2-7-19-34,35-20-8-3-9-21-35)41-24-12-14-26-44(41)52/h1-32H. The highest BCUT2D eigenvalue weighted by molar-refractivity contribution is 7.26. The van der Waals surface area contributed by atoms with Gasteiger partial charge in [0.1, 0.15) is 0 Å². The predicted octanol–water partition coefficient (Wildman–Crippen LogP) is 13.6. The molecule has 248 valence electrons. The van der Waals surface area contributed by atoms with Gasteiger partial charge in [-0.15, -0.1) is 11.3 Å². The fourth-order valence-corrected chi connectivity index (χ4v) is 10.1. The largest absolute Gasteiger partial charge is 0.310 e. The van der Waals surface area contributed by atoms with E-state index in [2.05, 4.69) is 199 Å². The third kappa shape index (κ3) is 4.35. The van der Waals surface area contributed by atoms with Crippen LogP contribution >= 0.6 is 11.3 Å².